The van der Waals surface area contributed by atoms with Crippen LogP contribution in [-0.4, -0.2) is 35.2 Å². The Bertz CT molecular complexity index is 992. The lowest BCUT2D eigenvalue weighted by Gasteiger charge is -2.17. The van der Waals surface area contributed by atoms with Gasteiger partial charge in [0.05, 0.1) is 10.3 Å². The number of thiophene rings is 1. The molecule has 7 heteroatoms. The van der Waals surface area contributed by atoms with Gasteiger partial charge in [0.2, 0.25) is 0 Å². The van der Waals surface area contributed by atoms with E-state index in [2.05, 4.69) is 41.2 Å². The van der Waals surface area contributed by atoms with E-state index in [9.17, 15) is 4.79 Å². The zero-order valence-corrected chi connectivity index (χ0v) is 18.0. The van der Waals surface area contributed by atoms with Crippen LogP contribution in [0.2, 0.25) is 0 Å². The summed E-state index contributed by atoms with van der Waals surface area (Å²) in [5.74, 6) is 1.34. The van der Waals surface area contributed by atoms with E-state index >= 15 is 0 Å². The minimum absolute atomic E-state index is 0.0987. The van der Waals surface area contributed by atoms with E-state index in [1.807, 2.05) is 24.5 Å². The van der Waals surface area contributed by atoms with Crippen molar-refractivity contribution in [2.45, 2.75) is 37.8 Å². The summed E-state index contributed by atoms with van der Waals surface area (Å²) in [6.45, 7) is 6.35. The van der Waals surface area contributed by atoms with Gasteiger partial charge in [0, 0.05) is 18.8 Å². The number of fused-ring (bicyclic) bond motifs is 1. The first-order chi connectivity index (χ1) is 13.5. The lowest BCUT2D eigenvalue weighted by Crippen LogP contribution is -2.19. The van der Waals surface area contributed by atoms with Crippen molar-refractivity contribution >= 4 is 50.7 Å². The molecule has 1 saturated heterocycles. The highest BCUT2D eigenvalue weighted by Crippen LogP contribution is 2.34. The Hall–Kier alpha value is -2.12. The fourth-order valence-electron chi connectivity index (χ4n) is 3.40. The summed E-state index contributed by atoms with van der Waals surface area (Å²) in [5.41, 5.74) is 2.07. The number of nitrogens with one attached hydrogen (secondary N) is 1. The van der Waals surface area contributed by atoms with Crippen molar-refractivity contribution < 1.29 is 4.79 Å². The number of rotatable bonds is 5. The molecule has 0 radical (unpaired) electrons. The van der Waals surface area contributed by atoms with Crippen LogP contribution in [0.5, 0.6) is 0 Å². The van der Waals surface area contributed by atoms with Crippen molar-refractivity contribution in [1.29, 1.82) is 0 Å². The van der Waals surface area contributed by atoms with E-state index < -0.39 is 0 Å². The molecule has 3 heterocycles. The number of carbonyl (C=O) groups excluding carboxylic acids is 1. The van der Waals surface area contributed by atoms with Gasteiger partial charge in [0.1, 0.15) is 10.6 Å². The predicted molar refractivity (Wildman–Crippen MR) is 119 cm³/mol. The Morgan fingerprint density at radius 2 is 1.89 bits per heavy atom. The van der Waals surface area contributed by atoms with Gasteiger partial charge in [0.25, 0.3) is 5.91 Å². The van der Waals surface area contributed by atoms with Crippen LogP contribution in [0.3, 0.4) is 0 Å². The number of aromatic nitrogens is 2. The number of hydrogen-bond donors (Lipinski definition) is 1. The van der Waals surface area contributed by atoms with Gasteiger partial charge >= 0.3 is 0 Å². The maximum atomic E-state index is 12.8. The number of nitrogens with zero attached hydrogens (tertiary/aromatic N) is 3. The first-order valence-corrected chi connectivity index (χ1v) is 11.6. The fourth-order valence-corrected chi connectivity index (χ4v) is 4.74. The maximum Gasteiger partial charge on any atom is 0.265 e. The standard InChI is InChI=1S/C21H24N4OS2/c1-13(2)14-6-8-15(9-7-14)22-19(26)17-12-16-18(25-10-4-5-11-25)23-21(27-3)24-20(16)28-17/h6-9,12-13H,4-5,10-11H2,1-3H3,(H,22,26). The Morgan fingerprint density at radius 3 is 2.54 bits per heavy atom. The molecule has 0 aliphatic carbocycles. The fraction of sp³-hybridized carbons (Fsp3) is 0.381. The Morgan fingerprint density at radius 1 is 1.18 bits per heavy atom. The van der Waals surface area contributed by atoms with Crippen molar-refractivity contribution in [3.63, 3.8) is 0 Å². The molecular formula is C21H24N4OS2. The average Bonchev–Trinajstić information content (AvgIpc) is 3.37. The van der Waals surface area contributed by atoms with Crippen LogP contribution in [0.25, 0.3) is 10.2 Å². The Kier molecular flexibility index (Phi) is 5.55. The Balaban J connectivity index is 1.63. The third kappa shape index (κ3) is 3.86. The SMILES string of the molecule is CSc1nc(N2CCCC2)c2cc(C(=O)Nc3ccc(C(C)C)cc3)sc2n1. The summed E-state index contributed by atoms with van der Waals surface area (Å²) >= 11 is 2.97. The van der Waals surface area contributed by atoms with Crippen molar-refractivity contribution in [3.8, 4) is 0 Å². The summed E-state index contributed by atoms with van der Waals surface area (Å²) < 4.78 is 0. The summed E-state index contributed by atoms with van der Waals surface area (Å²) in [7, 11) is 0. The van der Waals surface area contributed by atoms with Crippen LogP contribution in [0, 0.1) is 0 Å². The minimum Gasteiger partial charge on any atom is -0.356 e. The molecule has 1 aliphatic rings. The average molecular weight is 413 g/mol. The van der Waals surface area contributed by atoms with Crippen LogP contribution < -0.4 is 10.2 Å². The molecule has 3 aromatic rings. The molecule has 1 aromatic carbocycles. The molecule has 2 aromatic heterocycles. The molecule has 0 saturated carbocycles. The Labute approximate surface area is 173 Å². The normalized spacial score (nSPS) is 14.2. The lowest BCUT2D eigenvalue weighted by atomic mass is 10.0. The summed E-state index contributed by atoms with van der Waals surface area (Å²) in [6.07, 6.45) is 4.35. The first-order valence-electron chi connectivity index (χ1n) is 9.57. The number of carbonyl (C=O) groups is 1. The number of hydrogen-bond acceptors (Lipinski definition) is 6. The third-order valence-electron chi connectivity index (χ3n) is 5.00. The van der Waals surface area contributed by atoms with E-state index in [0.29, 0.717) is 10.8 Å². The van der Waals surface area contributed by atoms with E-state index in [1.165, 1.54) is 41.5 Å². The van der Waals surface area contributed by atoms with Crippen LogP contribution in [0.4, 0.5) is 11.5 Å². The minimum atomic E-state index is -0.0987. The van der Waals surface area contributed by atoms with E-state index in [0.717, 1.165) is 40.0 Å². The summed E-state index contributed by atoms with van der Waals surface area (Å²) in [5, 5.41) is 4.74. The zero-order valence-electron chi connectivity index (χ0n) is 16.4. The second-order valence-corrected chi connectivity index (χ2v) is 9.09. The largest absolute Gasteiger partial charge is 0.356 e. The highest BCUT2D eigenvalue weighted by molar-refractivity contribution is 7.98. The quantitative estimate of drug-likeness (QED) is 0.450. The van der Waals surface area contributed by atoms with Gasteiger partial charge in [-0.25, -0.2) is 9.97 Å². The van der Waals surface area contributed by atoms with Crippen molar-refractivity contribution in [2.24, 2.45) is 0 Å². The highest BCUT2D eigenvalue weighted by Gasteiger charge is 2.21. The van der Waals surface area contributed by atoms with Crippen molar-refractivity contribution in [3.05, 3.63) is 40.8 Å². The molecule has 28 heavy (non-hydrogen) atoms. The van der Waals surface area contributed by atoms with Crippen LogP contribution in [0.1, 0.15) is 47.8 Å². The van der Waals surface area contributed by atoms with E-state index in [4.69, 9.17) is 4.98 Å². The summed E-state index contributed by atoms with van der Waals surface area (Å²) in [6, 6.07) is 9.99. The van der Waals surface area contributed by atoms with Gasteiger partial charge in [-0.1, -0.05) is 37.7 Å². The number of benzene rings is 1. The van der Waals surface area contributed by atoms with Gasteiger partial charge < -0.3 is 10.2 Å². The first kappa shape index (κ1) is 19.2. The van der Waals surface area contributed by atoms with Gasteiger partial charge in [-0.15, -0.1) is 11.3 Å². The molecule has 0 unspecified atom stereocenters. The smallest absolute Gasteiger partial charge is 0.265 e. The van der Waals surface area contributed by atoms with E-state index in [-0.39, 0.29) is 5.91 Å². The third-order valence-corrected chi connectivity index (χ3v) is 6.57. The molecule has 0 spiro atoms. The molecule has 0 atom stereocenters. The second kappa shape index (κ2) is 8.09. The van der Waals surface area contributed by atoms with Gasteiger partial charge in [-0.05, 0) is 48.8 Å². The number of amides is 1. The molecule has 4 rings (SSSR count). The van der Waals surface area contributed by atoms with Crippen LogP contribution in [0.15, 0.2) is 35.5 Å². The van der Waals surface area contributed by atoms with Crippen molar-refractivity contribution in [1.82, 2.24) is 9.97 Å². The molecule has 146 valence electrons. The molecular weight excluding hydrogens is 388 g/mol. The van der Waals surface area contributed by atoms with Gasteiger partial charge in [-0.3, -0.25) is 4.79 Å². The maximum absolute atomic E-state index is 12.8. The molecule has 1 amide bonds. The molecule has 1 fully saturated rings. The monoisotopic (exact) mass is 412 g/mol. The number of thioether (sulfide) groups is 1. The van der Waals surface area contributed by atoms with Crippen molar-refractivity contribution in [2.75, 3.05) is 29.6 Å². The molecule has 1 N–H and O–H groups in total. The second-order valence-electron chi connectivity index (χ2n) is 7.29. The van der Waals surface area contributed by atoms with E-state index in [1.54, 1.807) is 0 Å². The molecule has 0 bridgehead atoms. The highest BCUT2D eigenvalue weighted by atomic mass is 32.2. The number of anilines is 2. The molecule has 1 aliphatic heterocycles. The summed E-state index contributed by atoms with van der Waals surface area (Å²) in [4.78, 5) is 26.0. The van der Waals surface area contributed by atoms with Gasteiger partial charge in [0.15, 0.2) is 5.16 Å². The van der Waals surface area contributed by atoms with Crippen LogP contribution >= 0.6 is 23.1 Å². The topological polar surface area (TPSA) is 58.1 Å². The van der Waals surface area contributed by atoms with Crippen LogP contribution in [-0.2, 0) is 0 Å². The lowest BCUT2D eigenvalue weighted by molar-refractivity contribution is 0.103. The predicted octanol–water partition coefficient (Wildman–Crippen LogP) is 5.39. The van der Waals surface area contributed by atoms with Gasteiger partial charge in [-0.2, -0.15) is 0 Å². The molecule has 5 nitrogen and oxygen atoms in total. The zero-order chi connectivity index (χ0) is 19.7.